The lowest BCUT2D eigenvalue weighted by atomic mass is 9.76. The Balaban J connectivity index is 1.75. The summed E-state index contributed by atoms with van der Waals surface area (Å²) in [5.41, 5.74) is 4.29. The van der Waals surface area contributed by atoms with E-state index in [1.165, 1.54) is 0 Å². The zero-order valence-corrected chi connectivity index (χ0v) is 15.8. The molecular weight excluding hydrogens is 368 g/mol. The molecule has 0 aromatic heterocycles. The Hall–Kier alpha value is -3.51. The Labute approximate surface area is 167 Å². The summed E-state index contributed by atoms with van der Waals surface area (Å²) in [6.45, 7) is 2.12. The zero-order valence-electron chi connectivity index (χ0n) is 15.8. The zero-order chi connectivity index (χ0) is 20.1. The smallest absolute Gasteiger partial charge is 0.249 e. The molecule has 2 aromatic carbocycles. The first-order chi connectivity index (χ1) is 14.1. The van der Waals surface area contributed by atoms with Gasteiger partial charge in [-0.1, -0.05) is 36.4 Å². The van der Waals surface area contributed by atoms with Gasteiger partial charge in [-0.05, 0) is 19.1 Å². The number of aliphatic hydroxyl groups is 1. The number of aryl methyl sites for hydroxylation is 1. The van der Waals surface area contributed by atoms with E-state index < -0.39 is 6.10 Å². The quantitative estimate of drug-likeness (QED) is 0.724. The van der Waals surface area contributed by atoms with Crippen molar-refractivity contribution in [1.29, 1.82) is 0 Å². The molecule has 6 nitrogen and oxygen atoms in total. The van der Waals surface area contributed by atoms with Crippen molar-refractivity contribution in [2.45, 2.75) is 13.0 Å². The molecule has 6 heteroatoms. The lowest BCUT2D eigenvalue weighted by molar-refractivity contribution is -0.363. The number of ether oxygens (including phenoxy) is 1. The maximum atomic E-state index is 13.4. The second kappa shape index (κ2) is 6.53. The van der Waals surface area contributed by atoms with Gasteiger partial charge in [-0.15, -0.1) is 0 Å². The first-order valence-electron chi connectivity index (χ1n) is 9.50. The molecule has 144 valence electrons. The van der Waals surface area contributed by atoms with E-state index in [9.17, 15) is 14.7 Å². The van der Waals surface area contributed by atoms with Crippen molar-refractivity contribution >= 4 is 23.0 Å². The van der Waals surface area contributed by atoms with Crippen LogP contribution in [0, 0.1) is 6.92 Å². The molecule has 0 amide bonds. The van der Waals surface area contributed by atoms with Gasteiger partial charge in [0.05, 0.1) is 12.2 Å². The fourth-order valence-corrected chi connectivity index (χ4v) is 4.08. The molecule has 3 aliphatic rings. The van der Waals surface area contributed by atoms with E-state index in [2.05, 4.69) is 10.3 Å². The molecule has 0 radical (unpaired) electrons. The number of aliphatic hydroxyl groups excluding tert-OH is 1. The van der Waals surface area contributed by atoms with Crippen LogP contribution in [0.2, 0.25) is 0 Å². The summed E-state index contributed by atoms with van der Waals surface area (Å²) in [6, 6.07) is 12.6. The second-order valence-electron chi connectivity index (χ2n) is 7.21. The highest BCUT2D eigenvalue weighted by atomic mass is 16.5. The third-order valence-electron chi connectivity index (χ3n) is 5.44. The largest absolute Gasteiger partial charge is 0.468 e. The number of benzene rings is 2. The van der Waals surface area contributed by atoms with Crippen molar-refractivity contribution in [2.75, 3.05) is 13.2 Å². The molecule has 1 heterocycles. The van der Waals surface area contributed by atoms with E-state index in [0.29, 0.717) is 39.4 Å². The second-order valence-corrected chi connectivity index (χ2v) is 7.21. The number of hydrogen-bond acceptors (Lipinski definition) is 5. The maximum Gasteiger partial charge on any atom is 0.249 e. The molecule has 3 N–H and O–H groups in total. The van der Waals surface area contributed by atoms with E-state index in [1.54, 1.807) is 30.3 Å². The molecular formula is C23H19N2O4+. The summed E-state index contributed by atoms with van der Waals surface area (Å²) in [5, 5.41) is 12.3. The Bertz CT molecular complexity index is 1170. The number of carbonyl (C=O) groups excluding carboxylic acids is 2. The van der Waals surface area contributed by atoms with Crippen LogP contribution in [0.3, 0.4) is 0 Å². The number of carbonyl (C=O) groups is 2. The van der Waals surface area contributed by atoms with E-state index in [0.717, 1.165) is 11.3 Å². The van der Waals surface area contributed by atoms with Gasteiger partial charge in [0, 0.05) is 28.9 Å². The van der Waals surface area contributed by atoms with Gasteiger partial charge < -0.3 is 15.2 Å². The van der Waals surface area contributed by atoms with E-state index in [4.69, 9.17) is 4.74 Å². The molecule has 1 unspecified atom stereocenters. The van der Waals surface area contributed by atoms with E-state index >= 15 is 0 Å². The molecule has 29 heavy (non-hydrogen) atoms. The summed E-state index contributed by atoms with van der Waals surface area (Å²) in [6.07, 6.45) is 1.26. The molecule has 0 saturated heterocycles. The third kappa shape index (κ3) is 2.57. The third-order valence-corrected chi connectivity index (χ3v) is 5.44. The lowest BCUT2D eigenvalue weighted by Crippen LogP contribution is -2.74. The van der Waals surface area contributed by atoms with Crippen molar-refractivity contribution in [1.82, 2.24) is 5.32 Å². The van der Waals surface area contributed by atoms with Gasteiger partial charge in [0.25, 0.3) is 0 Å². The van der Waals surface area contributed by atoms with Crippen LogP contribution in [-0.2, 0) is 0 Å². The van der Waals surface area contributed by atoms with Crippen LogP contribution in [0.25, 0.3) is 0 Å². The molecule has 0 saturated carbocycles. The number of ketones is 2. The molecule has 0 bridgehead atoms. The standard InChI is InChI=1S/C23H18N2O4/c1-12-5-4-8-16-20(12)25-21-17(29-16)11-15(24-9-10-26)18-19(21)23(28)14-7-3-2-6-13(14)22(18)27/h2-8,11,17,24,26H,9-10H2,1H3/p+1. The number of hydrogen-bond donors (Lipinski definition) is 3. The number of allylic oxidation sites excluding steroid dienone is 1. The van der Waals surface area contributed by atoms with Gasteiger partial charge in [0.1, 0.15) is 5.57 Å². The number of nitrogens with one attached hydrogen (secondary N) is 2. The Morgan fingerprint density at radius 1 is 1.03 bits per heavy atom. The van der Waals surface area contributed by atoms with Crippen molar-refractivity contribution < 1.29 is 24.4 Å². The lowest BCUT2D eigenvalue weighted by Gasteiger charge is -2.30. The number of Topliss-reactive ketones (excluding diaryl/α,β-unsaturated/α-hetero) is 2. The predicted octanol–water partition coefficient (Wildman–Crippen LogP) is 0.764. The average molecular weight is 387 g/mol. The van der Waals surface area contributed by atoms with Gasteiger partial charge in [0.2, 0.25) is 23.3 Å². The minimum Gasteiger partial charge on any atom is -0.468 e. The summed E-state index contributed by atoms with van der Waals surface area (Å²) in [7, 11) is 0. The van der Waals surface area contributed by atoms with Crippen molar-refractivity contribution in [3.63, 3.8) is 0 Å². The van der Waals surface area contributed by atoms with Gasteiger partial charge >= 0.3 is 0 Å². The number of para-hydroxylation sites is 1. The fraction of sp³-hybridized carbons (Fsp3) is 0.174. The summed E-state index contributed by atoms with van der Waals surface area (Å²) >= 11 is 0. The SMILES string of the molecule is Cc1cccc2c1[NH+]=C1C3=C(C(=O)c4ccccc4C3=O)C(NCCO)=CC1O2. The molecule has 2 aromatic rings. The summed E-state index contributed by atoms with van der Waals surface area (Å²) < 4.78 is 6.17. The summed E-state index contributed by atoms with van der Waals surface area (Å²) in [5.74, 6) is 0.269. The van der Waals surface area contributed by atoms with Gasteiger partial charge in [-0.25, -0.2) is 4.99 Å². The van der Waals surface area contributed by atoms with Crippen LogP contribution >= 0.6 is 0 Å². The molecule has 0 spiro atoms. The van der Waals surface area contributed by atoms with Crippen LogP contribution < -0.4 is 15.0 Å². The van der Waals surface area contributed by atoms with Gasteiger partial charge in [-0.2, -0.15) is 0 Å². The highest BCUT2D eigenvalue weighted by Gasteiger charge is 2.46. The molecule has 1 aliphatic heterocycles. The minimum atomic E-state index is -0.536. The highest BCUT2D eigenvalue weighted by Crippen LogP contribution is 2.36. The minimum absolute atomic E-state index is 0.0962. The normalized spacial score (nSPS) is 19.3. The van der Waals surface area contributed by atoms with Crippen LogP contribution in [0.5, 0.6) is 5.75 Å². The number of rotatable bonds is 3. The molecule has 5 rings (SSSR count). The topological polar surface area (TPSA) is 89.6 Å². The van der Waals surface area contributed by atoms with Gasteiger partial charge in [0.15, 0.2) is 11.5 Å². The van der Waals surface area contributed by atoms with Crippen molar-refractivity contribution in [3.05, 3.63) is 82.1 Å². The monoisotopic (exact) mass is 387 g/mol. The molecule has 2 aliphatic carbocycles. The Morgan fingerprint density at radius 3 is 2.48 bits per heavy atom. The molecule has 1 atom stereocenters. The Morgan fingerprint density at radius 2 is 1.76 bits per heavy atom. The van der Waals surface area contributed by atoms with Crippen molar-refractivity contribution in [3.8, 4) is 5.75 Å². The van der Waals surface area contributed by atoms with Crippen molar-refractivity contribution in [2.24, 2.45) is 0 Å². The van der Waals surface area contributed by atoms with E-state index in [1.807, 2.05) is 25.1 Å². The Kier molecular flexibility index (Phi) is 3.96. The maximum absolute atomic E-state index is 13.4. The average Bonchev–Trinajstić information content (AvgIpc) is 2.74. The fourth-order valence-electron chi connectivity index (χ4n) is 4.08. The van der Waals surface area contributed by atoms with Crippen LogP contribution in [0.4, 0.5) is 5.69 Å². The summed E-state index contributed by atoms with van der Waals surface area (Å²) in [4.78, 5) is 30.1. The highest BCUT2D eigenvalue weighted by molar-refractivity contribution is 6.39. The van der Waals surface area contributed by atoms with E-state index in [-0.39, 0.29) is 24.7 Å². The first kappa shape index (κ1) is 17.6. The molecule has 0 fully saturated rings. The van der Waals surface area contributed by atoms with Crippen LogP contribution in [-0.4, -0.2) is 41.6 Å². The van der Waals surface area contributed by atoms with Crippen LogP contribution in [0.15, 0.2) is 65.4 Å². The van der Waals surface area contributed by atoms with Crippen LogP contribution in [0.1, 0.15) is 26.3 Å². The predicted molar refractivity (Wildman–Crippen MR) is 107 cm³/mol. The number of fused-ring (bicyclic) bond motifs is 4. The van der Waals surface area contributed by atoms with Gasteiger partial charge in [-0.3, -0.25) is 9.59 Å². The first-order valence-corrected chi connectivity index (χ1v) is 9.50.